The smallest absolute Gasteiger partial charge is 0.191 e. The molecule has 0 amide bonds. The van der Waals surface area contributed by atoms with Crippen LogP contribution in [0.15, 0.2) is 27.8 Å². The maximum absolute atomic E-state index is 5.37. The minimum absolute atomic E-state index is 0. The summed E-state index contributed by atoms with van der Waals surface area (Å²) in [5.74, 6) is 1.82. The SMILES string of the molecule is CCOCCNC(=NCCCN1CCOCC1)NCCc1ccco1.I. The van der Waals surface area contributed by atoms with E-state index in [1.807, 2.05) is 19.1 Å². The first-order valence-corrected chi connectivity index (χ1v) is 9.31. The van der Waals surface area contributed by atoms with Crippen LogP contribution in [0.5, 0.6) is 0 Å². The van der Waals surface area contributed by atoms with Crippen LogP contribution in [0.2, 0.25) is 0 Å². The molecule has 150 valence electrons. The van der Waals surface area contributed by atoms with Crippen molar-refractivity contribution in [1.82, 2.24) is 15.5 Å². The van der Waals surface area contributed by atoms with Crippen molar-refractivity contribution < 1.29 is 13.9 Å². The summed E-state index contributed by atoms with van der Waals surface area (Å²) in [4.78, 5) is 7.11. The normalized spacial score (nSPS) is 15.5. The molecule has 2 N–H and O–H groups in total. The molecule has 0 saturated carbocycles. The van der Waals surface area contributed by atoms with Gasteiger partial charge in [0.05, 0.1) is 26.1 Å². The third-order valence-corrected chi connectivity index (χ3v) is 3.99. The van der Waals surface area contributed by atoms with Gasteiger partial charge in [-0.2, -0.15) is 0 Å². The third kappa shape index (κ3) is 10.3. The number of furan rings is 1. The number of ether oxygens (including phenoxy) is 2. The molecule has 0 atom stereocenters. The minimum atomic E-state index is 0. The van der Waals surface area contributed by atoms with E-state index in [9.17, 15) is 0 Å². The minimum Gasteiger partial charge on any atom is -0.469 e. The second kappa shape index (κ2) is 15.2. The van der Waals surface area contributed by atoms with Gasteiger partial charge >= 0.3 is 0 Å². The standard InChI is InChI=1S/C18H32N4O3.HI/c1-2-23-14-9-21-18(20-8-6-17-5-3-13-25-17)19-7-4-10-22-11-15-24-16-12-22;/h3,5,13H,2,4,6-12,14-16H2,1H3,(H2,19,20,21);1H. The predicted molar refractivity (Wildman–Crippen MR) is 115 cm³/mol. The zero-order valence-electron chi connectivity index (χ0n) is 15.7. The van der Waals surface area contributed by atoms with E-state index in [0.717, 1.165) is 83.7 Å². The lowest BCUT2D eigenvalue weighted by Gasteiger charge is -2.26. The fourth-order valence-electron chi connectivity index (χ4n) is 2.63. The van der Waals surface area contributed by atoms with E-state index >= 15 is 0 Å². The van der Waals surface area contributed by atoms with Gasteiger partial charge in [-0.1, -0.05) is 0 Å². The number of morpholine rings is 1. The van der Waals surface area contributed by atoms with Crippen LogP contribution in [0.3, 0.4) is 0 Å². The van der Waals surface area contributed by atoms with Gasteiger partial charge < -0.3 is 24.5 Å². The topological polar surface area (TPSA) is 71.3 Å². The maximum Gasteiger partial charge on any atom is 0.191 e. The first-order valence-electron chi connectivity index (χ1n) is 9.31. The van der Waals surface area contributed by atoms with Crippen molar-refractivity contribution in [3.63, 3.8) is 0 Å². The average molecular weight is 480 g/mol. The first kappa shape index (κ1) is 23.2. The van der Waals surface area contributed by atoms with Gasteiger partial charge in [-0.05, 0) is 25.5 Å². The highest BCUT2D eigenvalue weighted by Crippen LogP contribution is 2.00. The summed E-state index contributed by atoms with van der Waals surface area (Å²) >= 11 is 0. The van der Waals surface area contributed by atoms with Gasteiger partial charge in [0.25, 0.3) is 0 Å². The third-order valence-electron chi connectivity index (χ3n) is 3.99. The molecule has 0 radical (unpaired) electrons. The van der Waals surface area contributed by atoms with E-state index in [0.29, 0.717) is 6.61 Å². The predicted octanol–water partition coefficient (Wildman–Crippen LogP) is 1.73. The van der Waals surface area contributed by atoms with Crippen molar-refractivity contribution in [2.75, 3.05) is 65.7 Å². The molecule has 1 fully saturated rings. The van der Waals surface area contributed by atoms with Crippen LogP contribution >= 0.6 is 24.0 Å². The van der Waals surface area contributed by atoms with E-state index in [4.69, 9.17) is 13.9 Å². The molecule has 0 aliphatic carbocycles. The molecule has 8 heteroatoms. The highest BCUT2D eigenvalue weighted by molar-refractivity contribution is 14.0. The number of aliphatic imine (C=N–C) groups is 1. The Balaban J connectivity index is 0.00000338. The Labute approximate surface area is 173 Å². The Hall–Kier alpha value is -0.840. The van der Waals surface area contributed by atoms with Gasteiger partial charge in [0.2, 0.25) is 0 Å². The highest BCUT2D eigenvalue weighted by Gasteiger charge is 2.09. The van der Waals surface area contributed by atoms with Crippen LogP contribution in [-0.2, 0) is 15.9 Å². The quantitative estimate of drug-likeness (QED) is 0.218. The van der Waals surface area contributed by atoms with E-state index in [-0.39, 0.29) is 24.0 Å². The largest absolute Gasteiger partial charge is 0.469 e. The molecule has 1 aliphatic rings. The molecular weight excluding hydrogens is 447 g/mol. The molecular formula is C18H33IN4O3. The molecule has 26 heavy (non-hydrogen) atoms. The second-order valence-corrected chi connectivity index (χ2v) is 5.92. The van der Waals surface area contributed by atoms with Crippen molar-refractivity contribution in [3.05, 3.63) is 24.2 Å². The lowest BCUT2D eigenvalue weighted by molar-refractivity contribution is 0.0377. The van der Waals surface area contributed by atoms with Gasteiger partial charge in [0.1, 0.15) is 5.76 Å². The van der Waals surface area contributed by atoms with E-state index < -0.39 is 0 Å². The maximum atomic E-state index is 5.37. The molecule has 1 aliphatic heterocycles. The fraction of sp³-hybridized carbons (Fsp3) is 0.722. The summed E-state index contributed by atoms with van der Waals surface area (Å²) < 4.78 is 16.1. The van der Waals surface area contributed by atoms with Crippen LogP contribution < -0.4 is 10.6 Å². The second-order valence-electron chi connectivity index (χ2n) is 5.92. The molecule has 0 aromatic carbocycles. The fourth-order valence-corrected chi connectivity index (χ4v) is 2.63. The van der Waals surface area contributed by atoms with Crippen LogP contribution in [0.25, 0.3) is 0 Å². The van der Waals surface area contributed by atoms with Crippen molar-refractivity contribution in [1.29, 1.82) is 0 Å². The van der Waals surface area contributed by atoms with Crippen molar-refractivity contribution in [3.8, 4) is 0 Å². The van der Waals surface area contributed by atoms with Crippen LogP contribution in [0.4, 0.5) is 0 Å². The van der Waals surface area contributed by atoms with E-state index in [1.54, 1.807) is 6.26 Å². The molecule has 0 bridgehead atoms. The van der Waals surface area contributed by atoms with Crippen molar-refractivity contribution in [2.24, 2.45) is 4.99 Å². The molecule has 7 nitrogen and oxygen atoms in total. The lowest BCUT2D eigenvalue weighted by Crippen LogP contribution is -2.40. The van der Waals surface area contributed by atoms with Gasteiger partial charge in [-0.15, -0.1) is 24.0 Å². The lowest BCUT2D eigenvalue weighted by atomic mass is 10.3. The highest BCUT2D eigenvalue weighted by atomic mass is 127. The number of rotatable bonds is 11. The number of hydrogen-bond donors (Lipinski definition) is 2. The monoisotopic (exact) mass is 480 g/mol. The molecule has 2 rings (SSSR count). The number of guanidine groups is 1. The Morgan fingerprint density at radius 2 is 2.08 bits per heavy atom. The van der Waals surface area contributed by atoms with Crippen molar-refractivity contribution >= 4 is 29.9 Å². The summed E-state index contributed by atoms with van der Waals surface area (Å²) in [6.45, 7) is 10.6. The Morgan fingerprint density at radius 1 is 1.27 bits per heavy atom. The Kier molecular flexibility index (Phi) is 13.6. The summed E-state index contributed by atoms with van der Waals surface area (Å²) in [5.41, 5.74) is 0. The van der Waals surface area contributed by atoms with Gasteiger partial charge in [0.15, 0.2) is 5.96 Å². The van der Waals surface area contributed by atoms with E-state index in [2.05, 4.69) is 20.5 Å². The summed E-state index contributed by atoms with van der Waals surface area (Å²) in [5, 5.41) is 6.69. The molecule has 1 saturated heterocycles. The average Bonchev–Trinajstić information content (AvgIpc) is 3.16. The van der Waals surface area contributed by atoms with Gasteiger partial charge in [-0.25, -0.2) is 0 Å². The summed E-state index contributed by atoms with van der Waals surface area (Å²) in [6, 6.07) is 3.90. The Bertz CT molecular complexity index is 465. The zero-order chi connectivity index (χ0) is 17.6. The number of hydrogen-bond acceptors (Lipinski definition) is 5. The van der Waals surface area contributed by atoms with Gasteiger partial charge in [0, 0.05) is 52.3 Å². The number of nitrogens with one attached hydrogen (secondary N) is 2. The number of halogens is 1. The summed E-state index contributed by atoms with van der Waals surface area (Å²) in [6.07, 6.45) is 3.60. The Morgan fingerprint density at radius 3 is 2.81 bits per heavy atom. The molecule has 0 unspecified atom stereocenters. The summed E-state index contributed by atoms with van der Waals surface area (Å²) in [7, 11) is 0. The molecule has 2 heterocycles. The zero-order valence-corrected chi connectivity index (χ0v) is 18.1. The molecule has 1 aromatic heterocycles. The van der Waals surface area contributed by atoms with Crippen LogP contribution in [0, 0.1) is 0 Å². The van der Waals surface area contributed by atoms with Crippen molar-refractivity contribution in [2.45, 2.75) is 19.8 Å². The molecule has 1 aromatic rings. The van der Waals surface area contributed by atoms with Crippen LogP contribution in [-0.4, -0.2) is 76.6 Å². The first-order chi connectivity index (χ1) is 12.4. The van der Waals surface area contributed by atoms with E-state index in [1.165, 1.54) is 0 Å². The van der Waals surface area contributed by atoms with Crippen LogP contribution in [0.1, 0.15) is 19.1 Å². The van der Waals surface area contributed by atoms with Gasteiger partial charge in [-0.3, -0.25) is 9.89 Å². The number of nitrogens with zero attached hydrogens (tertiary/aromatic N) is 2. The molecule has 0 spiro atoms.